The van der Waals surface area contributed by atoms with E-state index < -0.39 is 11.9 Å². The first-order chi connectivity index (χ1) is 8.60. The Hall–Kier alpha value is -1.84. The average molecular weight is 250 g/mol. The summed E-state index contributed by atoms with van der Waals surface area (Å²) in [5.41, 5.74) is 1.06. The molecule has 1 rings (SSSR count). The summed E-state index contributed by atoms with van der Waals surface area (Å²) < 4.78 is 4.97. The van der Waals surface area contributed by atoms with Crippen molar-refractivity contribution in [3.05, 3.63) is 34.9 Å². The van der Waals surface area contributed by atoms with E-state index in [1.54, 1.807) is 12.1 Å². The first-order valence-electron chi connectivity index (χ1n) is 6.13. The van der Waals surface area contributed by atoms with E-state index in [1.807, 2.05) is 13.8 Å². The minimum absolute atomic E-state index is 0.0158. The molecular weight excluding hydrogens is 232 g/mol. The maximum absolute atomic E-state index is 11.7. The average Bonchev–Trinajstić information content (AvgIpc) is 2.36. The minimum atomic E-state index is -1.10. The largest absolute Gasteiger partial charge is 0.478 e. The number of ether oxygens (including phenoxy) is 1. The van der Waals surface area contributed by atoms with Crippen molar-refractivity contribution >= 4 is 11.9 Å². The number of aromatic carboxylic acids is 1. The van der Waals surface area contributed by atoms with E-state index in [4.69, 9.17) is 9.84 Å². The number of benzene rings is 1. The number of carboxylic acids is 1. The van der Waals surface area contributed by atoms with Crippen molar-refractivity contribution in [3.8, 4) is 0 Å². The molecule has 0 unspecified atom stereocenters. The second-order valence-electron chi connectivity index (χ2n) is 4.07. The third-order valence-electron chi connectivity index (χ3n) is 2.51. The number of carbonyl (C=O) groups is 2. The van der Waals surface area contributed by atoms with Gasteiger partial charge in [-0.1, -0.05) is 26.3 Å². The highest BCUT2D eigenvalue weighted by Crippen LogP contribution is 2.15. The fourth-order valence-corrected chi connectivity index (χ4v) is 1.66. The molecular formula is C14H18O4. The van der Waals surface area contributed by atoms with Crippen molar-refractivity contribution in [2.75, 3.05) is 6.61 Å². The lowest BCUT2D eigenvalue weighted by Gasteiger charge is -2.08. The number of carboxylic acid groups (broad SMARTS) is 1. The molecule has 0 atom stereocenters. The molecule has 1 aromatic rings. The quantitative estimate of drug-likeness (QED) is 0.788. The van der Waals surface area contributed by atoms with E-state index in [9.17, 15) is 9.59 Å². The van der Waals surface area contributed by atoms with Gasteiger partial charge in [-0.05, 0) is 30.5 Å². The molecule has 4 heteroatoms. The summed E-state index contributed by atoms with van der Waals surface area (Å²) in [7, 11) is 0. The Balaban J connectivity index is 3.03. The van der Waals surface area contributed by atoms with E-state index in [-0.39, 0.29) is 11.1 Å². The molecule has 0 aliphatic carbocycles. The Labute approximate surface area is 107 Å². The predicted molar refractivity (Wildman–Crippen MR) is 68.0 cm³/mol. The minimum Gasteiger partial charge on any atom is -0.478 e. The van der Waals surface area contributed by atoms with Crippen LogP contribution < -0.4 is 0 Å². The van der Waals surface area contributed by atoms with Crippen LogP contribution in [0.2, 0.25) is 0 Å². The monoisotopic (exact) mass is 250 g/mol. The molecule has 0 aliphatic rings. The zero-order valence-electron chi connectivity index (χ0n) is 10.7. The molecule has 0 bridgehead atoms. The number of hydrogen-bond donors (Lipinski definition) is 1. The summed E-state index contributed by atoms with van der Waals surface area (Å²) >= 11 is 0. The zero-order chi connectivity index (χ0) is 13.5. The number of hydrogen-bond acceptors (Lipinski definition) is 3. The van der Waals surface area contributed by atoms with Crippen LogP contribution in [0.25, 0.3) is 0 Å². The Morgan fingerprint density at radius 3 is 2.44 bits per heavy atom. The molecule has 0 aliphatic heterocycles. The standard InChI is InChI=1S/C14H18O4/c1-3-5-10-6-7-11(12(9-10)13(15)16)14(17)18-8-4-2/h6-7,9H,3-5,8H2,1-2H3,(H,15,16). The van der Waals surface area contributed by atoms with Crippen LogP contribution in [0.3, 0.4) is 0 Å². The Kier molecular flexibility index (Phi) is 5.36. The lowest BCUT2D eigenvalue weighted by molar-refractivity contribution is 0.0494. The van der Waals surface area contributed by atoms with Crippen molar-refractivity contribution in [1.82, 2.24) is 0 Å². The molecule has 0 radical (unpaired) electrons. The van der Waals surface area contributed by atoms with Crippen LogP contribution in [0, 0.1) is 0 Å². The molecule has 0 saturated heterocycles. The number of esters is 1. The summed E-state index contributed by atoms with van der Waals surface area (Å²) in [5, 5.41) is 9.12. The molecule has 0 amide bonds. The van der Waals surface area contributed by atoms with E-state index >= 15 is 0 Å². The Morgan fingerprint density at radius 2 is 1.89 bits per heavy atom. The van der Waals surface area contributed by atoms with Gasteiger partial charge in [-0.2, -0.15) is 0 Å². The fraction of sp³-hybridized carbons (Fsp3) is 0.429. The van der Waals surface area contributed by atoms with E-state index in [1.165, 1.54) is 6.07 Å². The molecule has 0 fully saturated rings. The van der Waals surface area contributed by atoms with Gasteiger partial charge in [0.25, 0.3) is 0 Å². The Bertz CT molecular complexity index is 437. The lowest BCUT2D eigenvalue weighted by Crippen LogP contribution is -2.12. The second-order valence-corrected chi connectivity index (χ2v) is 4.07. The van der Waals surface area contributed by atoms with Crippen LogP contribution in [-0.4, -0.2) is 23.7 Å². The van der Waals surface area contributed by atoms with Gasteiger partial charge in [0.1, 0.15) is 0 Å². The lowest BCUT2D eigenvalue weighted by atomic mass is 10.0. The van der Waals surface area contributed by atoms with Crippen molar-refractivity contribution < 1.29 is 19.4 Å². The maximum atomic E-state index is 11.7. The van der Waals surface area contributed by atoms with E-state index in [0.29, 0.717) is 13.0 Å². The van der Waals surface area contributed by atoms with Gasteiger partial charge in [-0.15, -0.1) is 0 Å². The molecule has 18 heavy (non-hydrogen) atoms. The Morgan fingerprint density at radius 1 is 1.17 bits per heavy atom. The third kappa shape index (κ3) is 3.58. The van der Waals surface area contributed by atoms with Gasteiger partial charge in [-0.25, -0.2) is 9.59 Å². The van der Waals surface area contributed by atoms with Gasteiger partial charge in [0.05, 0.1) is 17.7 Å². The molecule has 0 heterocycles. The van der Waals surface area contributed by atoms with E-state index in [2.05, 4.69) is 0 Å². The summed E-state index contributed by atoms with van der Waals surface area (Å²) in [6.07, 6.45) is 2.44. The summed E-state index contributed by atoms with van der Waals surface area (Å²) in [6, 6.07) is 4.86. The van der Waals surface area contributed by atoms with Crippen LogP contribution in [0.1, 0.15) is 53.0 Å². The van der Waals surface area contributed by atoms with Gasteiger partial charge in [0, 0.05) is 0 Å². The molecule has 4 nitrogen and oxygen atoms in total. The van der Waals surface area contributed by atoms with Crippen molar-refractivity contribution in [2.45, 2.75) is 33.1 Å². The normalized spacial score (nSPS) is 10.1. The fourth-order valence-electron chi connectivity index (χ4n) is 1.66. The third-order valence-corrected chi connectivity index (χ3v) is 2.51. The van der Waals surface area contributed by atoms with Crippen molar-refractivity contribution in [2.24, 2.45) is 0 Å². The van der Waals surface area contributed by atoms with Gasteiger partial charge in [0.2, 0.25) is 0 Å². The molecule has 0 saturated carbocycles. The number of aryl methyl sites for hydroxylation is 1. The topological polar surface area (TPSA) is 63.6 Å². The van der Waals surface area contributed by atoms with Gasteiger partial charge in [0.15, 0.2) is 0 Å². The highest BCUT2D eigenvalue weighted by molar-refractivity contribution is 6.02. The van der Waals surface area contributed by atoms with Crippen molar-refractivity contribution in [3.63, 3.8) is 0 Å². The van der Waals surface area contributed by atoms with Crippen LogP contribution in [0.5, 0.6) is 0 Å². The van der Waals surface area contributed by atoms with Crippen LogP contribution in [0.15, 0.2) is 18.2 Å². The first kappa shape index (κ1) is 14.2. The SMILES string of the molecule is CCCOC(=O)c1ccc(CCC)cc1C(=O)O. The molecule has 0 spiro atoms. The predicted octanol–water partition coefficient (Wildman–Crippen LogP) is 2.90. The maximum Gasteiger partial charge on any atom is 0.339 e. The number of rotatable bonds is 6. The molecule has 0 aromatic heterocycles. The van der Waals surface area contributed by atoms with Crippen LogP contribution in [0.4, 0.5) is 0 Å². The zero-order valence-corrected chi connectivity index (χ0v) is 10.7. The molecule has 98 valence electrons. The second kappa shape index (κ2) is 6.79. The van der Waals surface area contributed by atoms with Crippen molar-refractivity contribution in [1.29, 1.82) is 0 Å². The molecule has 1 N–H and O–H groups in total. The summed E-state index contributed by atoms with van der Waals surface area (Å²) in [5.74, 6) is -1.67. The number of carbonyl (C=O) groups excluding carboxylic acids is 1. The van der Waals surface area contributed by atoms with Crippen LogP contribution in [-0.2, 0) is 11.2 Å². The molecule has 1 aromatic carbocycles. The smallest absolute Gasteiger partial charge is 0.339 e. The summed E-state index contributed by atoms with van der Waals surface area (Å²) in [4.78, 5) is 22.9. The van der Waals surface area contributed by atoms with E-state index in [0.717, 1.165) is 18.4 Å². The van der Waals surface area contributed by atoms with Crippen LogP contribution >= 0.6 is 0 Å². The van der Waals surface area contributed by atoms with Gasteiger partial charge >= 0.3 is 11.9 Å². The highest BCUT2D eigenvalue weighted by Gasteiger charge is 2.18. The highest BCUT2D eigenvalue weighted by atomic mass is 16.5. The van der Waals surface area contributed by atoms with Gasteiger partial charge in [-0.3, -0.25) is 0 Å². The summed E-state index contributed by atoms with van der Waals surface area (Å²) in [6.45, 7) is 4.20. The first-order valence-corrected chi connectivity index (χ1v) is 6.13. The van der Waals surface area contributed by atoms with Gasteiger partial charge < -0.3 is 9.84 Å².